The number of hydrogen-bond acceptors (Lipinski definition) is 3. The van der Waals surface area contributed by atoms with Crippen LogP contribution in [0.2, 0.25) is 5.02 Å². The summed E-state index contributed by atoms with van der Waals surface area (Å²) in [7, 11) is -3.73. The van der Waals surface area contributed by atoms with Crippen molar-refractivity contribution in [2.45, 2.75) is 4.90 Å². The van der Waals surface area contributed by atoms with Gasteiger partial charge in [-0.3, -0.25) is 0 Å². The van der Waals surface area contributed by atoms with Crippen LogP contribution in [0.15, 0.2) is 63.9 Å². The normalized spacial score (nSPS) is 12.2. The molecule has 0 fully saturated rings. The molecule has 0 heterocycles. The first-order valence-electron chi connectivity index (χ1n) is 5.98. The summed E-state index contributed by atoms with van der Waals surface area (Å²) >= 11 is 7.10. The third-order valence-electron chi connectivity index (χ3n) is 2.51. The van der Waals surface area contributed by atoms with Crippen LogP contribution >= 0.6 is 23.4 Å². The lowest BCUT2D eigenvalue weighted by Crippen LogP contribution is -2.10. The Balaban J connectivity index is 2.28. The highest BCUT2D eigenvalue weighted by Gasteiger charge is 2.13. The Hall–Kier alpha value is -1.50. The van der Waals surface area contributed by atoms with Gasteiger partial charge in [0.05, 0.1) is 4.90 Å². The van der Waals surface area contributed by atoms with Crippen LogP contribution in [0.3, 0.4) is 0 Å². The molecule has 0 bridgehead atoms. The average molecular weight is 341 g/mol. The summed E-state index contributed by atoms with van der Waals surface area (Å²) in [6.07, 6.45) is 1.75. The van der Waals surface area contributed by atoms with E-state index in [1.165, 1.54) is 23.9 Å². The van der Waals surface area contributed by atoms with Gasteiger partial charge in [0.2, 0.25) is 0 Å². The van der Waals surface area contributed by atoms with Gasteiger partial charge in [0.15, 0.2) is 5.17 Å². The number of amidine groups is 1. The minimum atomic E-state index is -3.73. The number of benzene rings is 2. The molecule has 0 saturated carbocycles. The van der Waals surface area contributed by atoms with Gasteiger partial charge in [0.25, 0.3) is 10.0 Å². The van der Waals surface area contributed by atoms with E-state index in [-0.39, 0.29) is 10.1 Å². The summed E-state index contributed by atoms with van der Waals surface area (Å²) in [6.45, 7) is 0. The van der Waals surface area contributed by atoms with Crippen LogP contribution in [-0.2, 0) is 10.0 Å². The highest BCUT2D eigenvalue weighted by atomic mass is 35.5. The molecule has 2 aromatic rings. The number of nitrogens with zero attached hydrogens (tertiary/aromatic N) is 1. The maximum atomic E-state index is 12.2. The van der Waals surface area contributed by atoms with E-state index in [4.69, 9.17) is 11.6 Å². The number of halogens is 1. The predicted molar refractivity (Wildman–Crippen MR) is 89.7 cm³/mol. The number of sulfonamides is 1. The summed E-state index contributed by atoms with van der Waals surface area (Å²) < 4.78 is 28.2. The van der Waals surface area contributed by atoms with Gasteiger partial charge in [-0.1, -0.05) is 47.6 Å². The fourth-order valence-corrected chi connectivity index (χ4v) is 3.43. The number of rotatable bonds is 3. The van der Waals surface area contributed by atoms with Crippen molar-refractivity contribution in [1.82, 2.24) is 0 Å². The van der Waals surface area contributed by atoms with Crippen LogP contribution in [-0.4, -0.2) is 19.8 Å². The molecule has 0 radical (unpaired) electrons. The molecular formula is C14H13ClN2O2S2. The summed E-state index contributed by atoms with van der Waals surface area (Å²) in [5, 5.41) is 3.78. The van der Waals surface area contributed by atoms with Crippen LogP contribution < -0.4 is 5.32 Å². The molecule has 110 valence electrons. The van der Waals surface area contributed by atoms with Gasteiger partial charge in [-0.2, -0.15) is 8.42 Å². The third kappa shape index (κ3) is 4.49. The fraction of sp³-hybridized carbons (Fsp3) is 0.0714. The largest absolute Gasteiger partial charge is 0.334 e. The molecule has 2 rings (SSSR count). The second-order valence-corrected chi connectivity index (χ2v) is 6.86. The monoisotopic (exact) mass is 340 g/mol. The lowest BCUT2D eigenvalue weighted by Gasteiger charge is -2.08. The standard InChI is InChI=1S/C14H13ClN2O2S2/c1-20-14(16-12-7-5-6-11(15)10-12)17-21(18,19)13-8-3-2-4-9-13/h2-10H,1H3,(H,16,17). The van der Waals surface area contributed by atoms with Crippen LogP contribution in [0.25, 0.3) is 0 Å². The molecule has 0 aliphatic carbocycles. The van der Waals surface area contributed by atoms with E-state index >= 15 is 0 Å². The molecule has 4 nitrogen and oxygen atoms in total. The number of hydrogen-bond donors (Lipinski definition) is 1. The minimum absolute atomic E-state index is 0.157. The van der Waals surface area contributed by atoms with Crippen LogP contribution in [0, 0.1) is 0 Å². The molecule has 0 saturated heterocycles. The second kappa shape index (κ2) is 6.98. The van der Waals surface area contributed by atoms with Crippen LogP contribution in [0.4, 0.5) is 5.69 Å². The van der Waals surface area contributed by atoms with Gasteiger partial charge < -0.3 is 5.32 Å². The van der Waals surface area contributed by atoms with Crippen molar-refractivity contribution in [1.29, 1.82) is 0 Å². The summed E-state index contributed by atoms with van der Waals surface area (Å²) in [5.41, 5.74) is 0.680. The first-order valence-corrected chi connectivity index (χ1v) is 9.02. The topological polar surface area (TPSA) is 58.5 Å². The van der Waals surface area contributed by atoms with E-state index in [9.17, 15) is 8.42 Å². The molecule has 1 N–H and O–H groups in total. The smallest absolute Gasteiger partial charge is 0.284 e. The van der Waals surface area contributed by atoms with Crippen molar-refractivity contribution < 1.29 is 8.42 Å². The van der Waals surface area contributed by atoms with E-state index in [0.29, 0.717) is 10.7 Å². The number of nitrogens with one attached hydrogen (secondary N) is 1. The second-order valence-electron chi connectivity index (χ2n) is 4.02. The molecule has 7 heteroatoms. The maximum Gasteiger partial charge on any atom is 0.284 e. The molecule has 0 atom stereocenters. The van der Waals surface area contributed by atoms with Gasteiger partial charge in [0, 0.05) is 10.7 Å². The molecule has 21 heavy (non-hydrogen) atoms. The van der Waals surface area contributed by atoms with Crippen molar-refractivity contribution in [2.75, 3.05) is 11.6 Å². The number of thioether (sulfide) groups is 1. The summed E-state index contributed by atoms with van der Waals surface area (Å²) in [4.78, 5) is 0.157. The Bertz CT molecular complexity index is 747. The van der Waals surface area contributed by atoms with Gasteiger partial charge in [-0.25, -0.2) is 0 Å². The van der Waals surface area contributed by atoms with Gasteiger partial charge in [-0.05, 0) is 36.6 Å². The highest BCUT2D eigenvalue weighted by molar-refractivity contribution is 8.14. The quantitative estimate of drug-likeness (QED) is 0.681. The Kier molecular flexibility index (Phi) is 5.27. The Labute approximate surface area is 133 Å². The van der Waals surface area contributed by atoms with E-state index in [1.807, 2.05) is 0 Å². The molecule has 0 spiro atoms. The summed E-state index contributed by atoms with van der Waals surface area (Å²) in [5.74, 6) is 0. The van der Waals surface area contributed by atoms with Gasteiger partial charge in [0.1, 0.15) is 0 Å². The molecule has 0 unspecified atom stereocenters. The van der Waals surface area contributed by atoms with Crippen molar-refractivity contribution in [3.05, 3.63) is 59.6 Å². The minimum Gasteiger partial charge on any atom is -0.334 e. The highest BCUT2D eigenvalue weighted by Crippen LogP contribution is 2.18. The van der Waals surface area contributed by atoms with Crippen molar-refractivity contribution in [3.63, 3.8) is 0 Å². The SMILES string of the molecule is CS/C(=N\S(=O)(=O)c1ccccc1)Nc1cccc(Cl)c1. The number of anilines is 1. The van der Waals surface area contributed by atoms with E-state index in [2.05, 4.69) is 9.71 Å². The molecule has 2 aromatic carbocycles. The summed E-state index contributed by atoms with van der Waals surface area (Å²) in [6, 6.07) is 15.1. The fourth-order valence-electron chi connectivity index (χ4n) is 1.56. The molecular weight excluding hydrogens is 328 g/mol. The lowest BCUT2D eigenvalue weighted by molar-refractivity contribution is 0.598. The zero-order valence-electron chi connectivity index (χ0n) is 11.2. The Morgan fingerprint density at radius 3 is 2.48 bits per heavy atom. The average Bonchev–Trinajstić information content (AvgIpc) is 2.47. The van der Waals surface area contributed by atoms with E-state index in [1.54, 1.807) is 48.7 Å². The first kappa shape index (κ1) is 15.9. The predicted octanol–water partition coefficient (Wildman–Crippen LogP) is 3.86. The molecule has 0 aliphatic rings. The van der Waals surface area contributed by atoms with E-state index in [0.717, 1.165) is 0 Å². The maximum absolute atomic E-state index is 12.2. The zero-order valence-corrected chi connectivity index (χ0v) is 13.5. The van der Waals surface area contributed by atoms with Crippen molar-refractivity contribution >= 4 is 44.2 Å². The molecule has 0 aliphatic heterocycles. The molecule has 0 amide bonds. The Morgan fingerprint density at radius 1 is 1.14 bits per heavy atom. The lowest BCUT2D eigenvalue weighted by atomic mass is 10.3. The van der Waals surface area contributed by atoms with Gasteiger partial charge in [-0.15, -0.1) is 4.40 Å². The van der Waals surface area contributed by atoms with Crippen molar-refractivity contribution in [2.24, 2.45) is 4.40 Å². The van der Waals surface area contributed by atoms with Crippen LogP contribution in [0.1, 0.15) is 0 Å². The van der Waals surface area contributed by atoms with Crippen molar-refractivity contribution in [3.8, 4) is 0 Å². The third-order valence-corrected chi connectivity index (χ3v) is 4.73. The molecule has 0 aromatic heterocycles. The zero-order chi connectivity index (χ0) is 15.3. The Morgan fingerprint density at radius 2 is 1.86 bits per heavy atom. The van der Waals surface area contributed by atoms with E-state index < -0.39 is 10.0 Å². The van der Waals surface area contributed by atoms with Crippen LogP contribution in [0.5, 0.6) is 0 Å². The first-order chi connectivity index (χ1) is 10.0. The van der Waals surface area contributed by atoms with Gasteiger partial charge >= 0.3 is 0 Å².